The van der Waals surface area contributed by atoms with Crippen molar-refractivity contribution in [3.63, 3.8) is 0 Å². The molecule has 0 atom stereocenters. The normalized spacial score (nSPS) is 10.6. The Labute approximate surface area is 192 Å². The van der Waals surface area contributed by atoms with Gasteiger partial charge in [-0.1, -0.05) is 30.3 Å². The number of rotatable bonds is 8. The van der Waals surface area contributed by atoms with E-state index in [1.54, 1.807) is 17.5 Å². The minimum Gasteiger partial charge on any atom is -0.476 e. The average molecular weight is 464 g/mol. The van der Waals surface area contributed by atoms with Crippen LogP contribution in [0.1, 0.15) is 5.56 Å². The summed E-state index contributed by atoms with van der Waals surface area (Å²) in [5.74, 6) is -1.34. The van der Waals surface area contributed by atoms with Crippen LogP contribution in [0.5, 0.6) is 5.75 Å². The highest BCUT2D eigenvalue weighted by Gasteiger charge is 2.23. The average Bonchev–Trinajstić information content (AvgIpc) is 3.32. The number of thiazole rings is 1. The quantitative estimate of drug-likeness (QED) is 0.273. The van der Waals surface area contributed by atoms with Crippen molar-refractivity contribution in [1.82, 2.24) is 9.97 Å². The fourth-order valence-corrected chi connectivity index (χ4v) is 3.87. The topological polar surface area (TPSA) is 98.5 Å². The first kappa shape index (κ1) is 22.0. The van der Waals surface area contributed by atoms with Crippen LogP contribution in [0.3, 0.4) is 0 Å². The predicted octanol–water partition coefficient (Wildman–Crippen LogP) is 4.86. The van der Waals surface area contributed by atoms with Crippen LogP contribution in [0, 0.1) is 15.9 Å². The van der Waals surface area contributed by atoms with Crippen LogP contribution in [0.15, 0.2) is 78.3 Å². The van der Waals surface area contributed by atoms with E-state index in [1.807, 2.05) is 30.3 Å². The molecule has 2 aromatic carbocycles. The third kappa shape index (κ3) is 5.36. The van der Waals surface area contributed by atoms with Crippen molar-refractivity contribution in [2.45, 2.75) is 6.54 Å². The lowest BCUT2D eigenvalue weighted by atomic mass is 10.2. The largest absolute Gasteiger partial charge is 0.476 e. The molecular formula is C23H17FN4O4S. The zero-order valence-corrected chi connectivity index (χ0v) is 17.9. The number of nitro groups is 1. The van der Waals surface area contributed by atoms with Crippen LogP contribution in [-0.4, -0.2) is 27.4 Å². The van der Waals surface area contributed by atoms with Crippen LogP contribution in [-0.2, 0) is 11.3 Å². The van der Waals surface area contributed by atoms with E-state index in [0.29, 0.717) is 16.4 Å². The number of aromatic nitrogens is 2. The monoisotopic (exact) mass is 464 g/mol. The Hall–Kier alpha value is -4.18. The second kappa shape index (κ2) is 9.96. The number of benzene rings is 2. The van der Waals surface area contributed by atoms with E-state index in [0.717, 1.165) is 5.56 Å². The maximum atomic E-state index is 13.3. The van der Waals surface area contributed by atoms with E-state index >= 15 is 0 Å². The van der Waals surface area contributed by atoms with Gasteiger partial charge in [0.1, 0.15) is 12.0 Å². The molecular weight excluding hydrogens is 447 g/mol. The number of ether oxygens (including phenoxy) is 1. The molecule has 0 saturated heterocycles. The van der Waals surface area contributed by atoms with Gasteiger partial charge in [-0.3, -0.25) is 9.69 Å². The van der Waals surface area contributed by atoms with Gasteiger partial charge in [-0.25, -0.2) is 9.37 Å². The standard InChI is InChI=1S/C23H17FN4O4S/c24-18-10-8-17(9-11-18)19-15-33-23(26-19)27(13-16-5-2-1-3-6-16)21(29)14-32-20-7-4-12-25-22(20)28(30)31/h1-12,15H,13-14H2. The minimum absolute atomic E-state index is 0.0957. The van der Waals surface area contributed by atoms with E-state index in [4.69, 9.17) is 4.74 Å². The van der Waals surface area contributed by atoms with Crippen molar-refractivity contribution in [1.29, 1.82) is 0 Å². The van der Waals surface area contributed by atoms with Crippen LogP contribution in [0.4, 0.5) is 15.3 Å². The summed E-state index contributed by atoms with van der Waals surface area (Å²) in [4.78, 5) is 33.3. The van der Waals surface area contributed by atoms with Gasteiger partial charge >= 0.3 is 5.82 Å². The fraction of sp³-hybridized carbons (Fsp3) is 0.0870. The molecule has 0 radical (unpaired) electrons. The lowest BCUT2D eigenvalue weighted by Gasteiger charge is -2.20. The molecule has 0 unspecified atom stereocenters. The number of anilines is 1. The number of nitrogens with zero attached hydrogens (tertiary/aromatic N) is 4. The van der Waals surface area contributed by atoms with Crippen molar-refractivity contribution in [3.8, 4) is 17.0 Å². The van der Waals surface area contributed by atoms with Crippen molar-refractivity contribution < 1.29 is 18.8 Å². The molecule has 10 heteroatoms. The van der Waals surface area contributed by atoms with E-state index in [9.17, 15) is 19.3 Å². The molecule has 0 aliphatic heterocycles. The number of carbonyl (C=O) groups is 1. The molecule has 0 aliphatic rings. The number of hydrogen-bond acceptors (Lipinski definition) is 7. The lowest BCUT2D eigenvalue weighted by Crippen LogP contribution is -2.34. The number of hydrogen-bond donors (Lipinski definition) is 0. The van der Waals surface area contributed by atoms with Gasteiger partial charge in [0.2, 0.25) is 5.75 Å². The Morgan fingerprint density at radius 1 is 1.09 bits per heavy atom. The van der Waals surface area contributed by atoms with Crippen molar-refractivity contribution in [2.75, 3.05) is 11.5 Å². The molecule has 33 heavy (non-hydrogen) atoms. The summed E-state index contributed by atoms with van der Waals surface area (Å²) in [5.41, 5.74) is 2.19. The van der Waals surface area contributed by atoms with Gasteiger partial charge in [-0.05, 0) is 51.9 Å². The lowest BCUT2D eigenvalue weighted by molar-refractivity contribution is -0.390. The zero-order valence-electron chi connectivity index (χ0n) is 17.1. The summed E-state index contributed by atoms with van der Waals surface area (Å²) in [6, 6.07) is 18.1. The van der Waals surface area contributed by atoms with Gasteiger partial charge in [0.05, 0.1) is 12.2 Å². The second-order valence-corrected chi connectivity index (χ2v) is 7.70. The van der Waals surface area contributed by atoms with E-state index < -0.39 is 23.3 Å². The van der Waals surface area contributed by atoms with Gasteiger partial charge in [0, 0.05) is 10.9 Å². The molecule has 0 N–H and O–H groups in total. The molecule has 0 fully saturated rings. The highest BCUT2D eigenvalue weighted by atomic mass is 32.1. The zero-order chi connectivity index (χ0) is 23.2. The summed E-state index contributed by atoms with van der Waals surface area (Å²) < 4.78 is 18.7. The number of carbonyl (C=O) groups excluding carboxylic acids is 1. The first-order valence-corrected chi connectivity index (χ1v) is 10.7. The molecule has 0 aliphatic carbocycles. The smallest absolute Gasteiger partial charge is 0.406 e. The minimum atomic E-state index is -0.669. The third-order valence-electron chi connectivity index (χ3n) is 4.62. The highest BCUT2D eigenvalue weighted by molar-refractivity contribution is 7.14. The molecule has 166 valence electrons. The second-order valence-electron chi connectivity index (χ2n) is 6.86. The maximum Gasteiger partial charge on any atom is 0.406 e. The SMILES string of the molecule is O=C(COc1cccnc1[N+](=O)[O-])N(Cc1ccccc1)c1nc(-c2ccc(F)cc2)cs1. The Kier molecular flexibility index (Phi) is 6.65. The summed E-state index contributed by atoms with van der Waals surface area (Å²) in [5, 5.41) is 13.4. The van der Waals surface area contributed by atoms with E-state index in [-0.39, 0.29) is 18.1 Å². The number of pyridine rings is 1. The molecule has 0 bridgehead atoms. The van der Waals surface area contributed by atoms with E-state index in [1.165, 1.54) is 46.7 Å². The summed E-state index contributed by atoms with van der Waals surface area (Å²) in [7, 11) is 0. The van der Waals surface area contributed by atoms with Gasteiger partial charge in [-0.2, -0.15) is 0 Å². The van der Waals surface area contributed by atoms with Crippen molar-refractivity contribution >= 4 is 28.2 Å². The molecule has 2 heterocycles. The first-order chi connectivity index (χ1) is 16.0. The highest BCUT2D eigenvalue weighted by Crippen LogP contribution is 2.29. The number of amides is 1. The summed E-state index contributed by atoms with van der Waals surface area (Å²) in [6.07, 6.45) is 1.28. The van der Waals surface area contributed by atoms with Crippen LogP contribution in [0.2, 0.25) is 0 Å². The van der Waals surface area contributed by atoms with Crippen LogP contribution >= 0.6 is 11.3 Å². The molecule has 2 aromatic heterocycles. The Morgan fingerprint density at radius 3 is 2.58 bits per heavy atom. The van der Waals surface area contributed by atoms with Gasteiger partial charge in [0.15, 0.2) is 11.7 Å². The van der Waals surface area contributed by atoms with Crippen molar-refractivity contribution in [2.24, 2.45) is 0 Å². The third-order valence-corrected chi connectivity index (χ3v) is 5.49. The molecule has 4 aromatic rings. The van der Waals surface area contributed by atoms with Crippen LogP contribution < -0.4 is 9.64 Å². The molecule has 4 rings (SSSR count). The number of halogens is 1. The first-order valence-electron chi connectivity index (χ1n) is 9.79. The van der Waals surface area contributed by atoms with E-state index in [2.05, 4.69) is 9.97 Å². The van der Waals surface area contributed by atoms with Gasteiger partial charge in [-0.15, -0.1) is 11.3 Å². The predicted molar refractivity (Wildman–Crippen MR) is 122 cm³/mol. The Bertz CT molecular complexity index is 1260. The molecule has 0 saturated carbocycles. The van der Waals surface area contributed by atoms with Crippen LogP contribution in [0.25, 0.3) is 11.3 Å². The van der Waals surface area contributed by atoms with Crippen molar-refractivity contribution in [3.05, 3.63) is 99.8 Å². The molecule has 0 spiro atoms. The molecule has 1 amide bonds. The maximum absolute atomic E-state index is 13.3. The van der Waals surface area contributed by atoms with Gasteiger partial charge < -0.3 is 14.9 Å². The summed E-state index contributed by atoms with van der Waals surface area (Å²) >= 11 is 1.26. The van der Waals surface area contributed by atoms with Gasteiger partial charge in [0.25, 0.3) is 5.91 Å². The fourth-order valence-electron chi connectivity index (χ4n) is 3.02. The molecule has 8 nitrogen and oxygen atoms in total. The Balaban J connectivity index is 1.58. The summed E-state index contributed by atoms with van der Waals surface area (Å²) in [6.45, 7) is -0.209. The Morgan fingerprint density at radius 2 is 1.85 bits per heavy atom.